The Hall–Kier alpha value is -0.810. The molecular weight excluding hydrogens is 295 g/mol. The number of aromatic nitrogens is 1. The second-order valence-corrected chi connectivity index (χ2v) is 4.92. The lowest BCUT2D eigenvalue weighted by Crippen LogP contribution is -2.07. The minimum Gasteiger partial charge on any atom is -0.481 e. The van der Waals surface area contributed by atoms with Crippen molar-refractivity contribution in [3.05, 3.63) is 21.4 Å². The predicted octanol–water partition coefficient (Wildman–Crippen LogP) is 2.70. The van der Waals surface area contributed by atoms with E-state index in [0.29, 0.717) is 21.4 Å². The second-order valence-electron chi connectivity index (χ2n) is 3.74. The smallest absolute Gasteiger partial charge is 0.309 e. The number of carboxylic acid groups (broad SMARTS) is 1. The summed E-state index contributed by atoms with van der Waals surface area (Å²) in [7, 11) is 0. The van der Waals surface area contributed by atoms with Crippen LogP contribution in [0.3, 0.4) is 0 Å². The summed E-state index contributed by atoms with van der Waals surface area (Å²) in [5.41, 5.74) is 1.27. The molecule has 1 aromatic heterocycles. The molecule has 0 aromatic carbocycles. The average molecular weight is 306 g/mol. The minimum atomic E-state index is -0.923. The Labute approximate surface area is 106 Å². The first-order valence-electron chi connectivity index (χ1n) is 4.89. The Bertz CT molecular complexity index is 435. The number of nitrogens with zero attached hydrogens (tertiary/aromatic N) is 1. The van der Waals surface area contributed by atoms with Gasteiger partial charge in [0.15, 0.2) is 0 Å². The lowest BCUT2D eigenvalue weighted by atomic mass is 10.2. The van der Waals surface area contributed by atoms with Crippen molar-refractivity contribution >= 4 is 39.2 Å². The van der Waals surface area contributed by atoms with Crippen LogP contribution in [0, 0.1) is 0 Å². The normalized spacial score (nSPS) is 14.9. The maximum Gasteiger partial charge on any atom is 0.309 e. The van der Waals surface area contributed by atoms with E-state index in [0.717, 1.165) is 18.5 Å². The molecule has 0 bridgehead atoms. The third-order valence-electron chi connectivity index (χ3n) is 2.25. The van der Waals surface area contributed by atoms with Gasteiger partial charge in [-0.25, -0.2) is 4.98 Å². The molecule has 0 aliphatic heterocycles. The van der Waals surface area contributed by atoms with Crippen LogP contribution in [-0.4, -0.2) is 22.1 Å². The number of nitrogens with one attached hydrogen (secondary N) is 1. The molecule has 1 heterocycles. The van der Waals surface area contributed by atoms with E-state index in [9.17, 15) is 4.79 Å². The monoisotopic (exact) mass is 304 g/mol. The van der Waals surface area contributed by atoms with Crippen molar-refractivity contribution in [3.63, 3.8) is 0 Å². The van der Waals surface area contributed by atoms with Crippen LogP contribution in [0.2, 0.25) is 5.15 Å². The minimum absolute atomic E-state index is 0.138. The number of anilines is 1. The van der Waals surface area contributed by atoms with E-state index < -0.39 is 5.97 Å². The fourth-order valence-electron chi connectivity index (χ4n) is 1.36. The topological polar surface area (TPSA) is 62.2 Å². The van der Waals surface area contributed by atoms with E-state index >= 15 is 0 Å². The molecule has 1 saturated carbocycles. The first-order valence-corrected chi connectivity index (χ1v) is 6.06. The number of hydrogen-bond donors (Lipinski definition) is 2. The van der Waals surface area contributed by atoms with Crippen molar-refractivity contribution in [1.29, 1.82) is 0 Å². The van der Waals surface area contributed by atoms with Crippen LogP contribution in [0.5, 0.6) is 0 Å². The summed E-state index contributed by atoms with van der Waals surface area (Å²) in [6.45, 7) is 0. The Morgan fingerprint density at radius 3 is 2.94 bits per heavy atom. The Morgan fingerprint density at radius 1 is 1.69 bits per heavy atom. The lowest BCUT2D eigenvalue weighted by molar-refractivity contribution is -0.136. The largest absolute Gasteiger partial charge is 0.481 e. The Balaban J connectivity index is 2.28. The molecule has 1 fully saturated rings. The highest BCUT2D eigenvalue weighted by molar-refractivity contribution is 9.10. The molecule has 4 nitrogen and oxygen atoms in total. The first-order chi connectivity index (χ1) is 7.56. The second kappa shape index (κ2) is 4.59. The summed E-state index contributed by atoms with van der Waals surface area (Å²) in [6, 6.07) is 2.18. The predicted molar refractivity (Wildman–Crippen MR) is 64.9 cm³/mol. The maximum atomic E-state index is 10.7. The number of carboxylic acids is 1. The molecule has 16 heavy (non-hydrogen) atoms. The van der Waals surface area contributed by atoms with E-state index in [2.05, 4.69) is 26.2 Å². The summed E-state index contributed by atoms with van der Waals surface area (Å²) in [5, 5.41) is 12.3. The molecule has 1 aliphatic rings. The number of pyridine rings is 1. The molecule has 0 radical (unpaired) electrons. The summed E-state index contributed by atoms with van der Waals surface area (Å²) < 4.78 is 0.686. The standard InChI is InChI=1S/C10H10BrClN2O2/c11-10-6(13-5-1-2-5)3-8(12)14-7(10)4-9(15)16/h3,5H,1-2,4H2,(H,13,14)(H,15,16). The third-order valence-corrected chi connectivity index (χ3v) is 3.33. The fourth-order valence-corrected chi connectivity index (χ4v) is 2.03. The number of carbonyl (C=O) groups is 1. The number of halogens is 2. The molecule has 0 unspecified atom stereocenters. The van der Waals surface area contributed by atoms with Crippen LogP contribution in [0.1, 0.15) is 18.5 Å². The molecule has 86 valence electrons. The average Bonchev–Trinajstić information content (AvgIpc) is 2.96. The molecule has 0 atom stereocenters. The van der Waals surface area contributed by atoms with Crippen LogP contribution in [0.25, 0.3) is 0 Å². The van der Waals surface area contributed by atoms with E-state index in [1.807, 2.05) is 0 Å². The molecule has 1 aromatic rings. The van der Waals surface area contributed by atoms with Gasteiger partial charge in [-0.2, -0.15) is 0 Å². The van der Waals surface area contributed by atoms with E-state index in [4.69, 9.17) is 16.7 Å². The maximum absolute atomic E-state index is 10.7. The fraction of sp³-hybridized carbons (Fsp3) is 0.400. The van der Waals surface area contributed by atoms with Gasteiger partial charge in [0.1, 0.15) is 5.15 Å². The molecule has 0 spiro atoms. The highest BCUT2D eigenvalue weighted by Gasteiger charge is 2.23. The van der Waals surface area contributed by atoms with E-state index in [1.54, 1.807) is 6.07 Å². The van der Waals surface area contributed by atoms with Crippen LogP contribution in [0.4, 0.5) is 5.69 Å². The van der Waals surface area contributed by atoms with Gasteiger partial charge in [0, 0.05) is 6.04 Å². The van der Waals surface area contributed by atoms with Gasteiger partial charge in [-0.15, -0.1) is 0 Å². The first kappa shape index (κ1) is 11.7. The van der Waals surface area contributed by atoms with Gasteiger partial charge in [0.05, 0.1) is 22.3 Å². The van der Waals surface area contributed by atoms with Crippen molar-refractivity contribution in [3.8, 4) is 0 Å². The Kier molecular flexibility index (Phi) is 3.35. The van der Waals surface area contributed by atoms with Gasteiger partial charge < -0.3 is 10.4 Å². The third kappa shape index (κ3) is 2.86. The van der Waals surface area contributed by atoms with Gasteiger partial charge in [-0.3, -0.25) is 4.79 Å². The molecule has 1 aliphatic carbocycles. The molecule has 0 amide bonds. The molecular formula is C10H10BrClN2O2. The summed E-state index contributed by atoms with van der Waals surface area (Å²) in [5.74, 6) is -0.923. The van der Waals surface area contributed by atoms with Crippen LogP contribution in [-0.2, 0) is 11.2 Å². The lowest BCUT2D eigenvalue weighted by Gasteiger charge is -2.10. The highest BCUT2D eigenvalue weighted by atomic mass is 79.9. The van der Waals surface area contributed by atoms with Crippen molar-refractivity contribution in [2.24, 2.45) is 0 Å². The van der Waals surface area contributed by atoms with Gasteiger partial charge in [-0.05, 0) is 34.8 Å². The van der Waals surface area contributed by atoms with Crippen LogP contribution < -0.4 is 5.32 Å². The molecule has 6 heteroatoms. The van der Waals surface area contributed by atoms with Gasteiger partial charge >= 0.3 is 5.97 Å². The van der Waals surface area contributed by atoms with Gasteiger partial charge in [0.25, 0.3) is 0 Å². The van der Waals surface area contributed by atoms with Crippen molar-refractivity contribution in [2.75, 3.05) is 5.32 Å². The van der Waals surface area contributed by atoms with Crippen molar-refractivity contribution < 1.29 is 9.90 Å². The SMILES string of the molecule is O=C(O)Cc1nc(Cl)cc(NC2CC2)c1Br. The van der Waals surface area contributed by atoms with Gasteiger partial charge in [-0.1, -0.05) is 11.6 Å². The van der Waals surface area contributed by atoms with Crippen molar-refractivity contribution in [2.45, 2.75) is 25.3 Å². The summed E-state index contributed by atoms with van der Waals surface area (Å²) in [4.78, 5) is 14.7. The van der Waals surface area contributed by atoms with Crippen LogP contribution >= 0.6 is 27.5 Å². The zero-order valence-corrected chi connectivity index (χ0v) is 10.7. The highest BCUT2D eigenvalue weighted by Crippen LogP contribution is 2.33. The Morgan fingerprint density at radius 2 is 2.38 bits per heavy atom. The van der Waals surface area contributed by atoms with Crippen LogP contribution in [0.15, 0.2) is 10.5 Å². The number of rotatable bonds is 4. The van der Waals surface area contributed by atoms with Gasteiger partial charge in [0.2, 0.25) is 0 Å². The quantitative estimate of drug-likeness (QED) is 0.840. The number of aliphatic carboxylic acids is 1. The molecule has 2 rings (SSSR count). The summed E-state index contributed by atoms with van der Waals surface area (Å²) >= 11 is 9.20. The molecule has 0 saturated heterocycles. The van der Waals surface area contributed by atoms with E-state index in [1.165, 1.54) is 0 Å². The zero-order chi connectivity index (χ0) is 11.7. The zero-order valence-electron chi connectivity index (χ0n) is 8.33. The molecule has 2 N–H and O–H groups in total. The number of hydrogen-bond acceptors (Lipinski definition) is 3. The summed E-state index contributed by atoms with van der Waals surface area (Å²) in [6.07, 6.45) is 2.14. The van der Waals surface area contributed by atoms with E-state index in [-0.39, 0.29) is 6.42 Å². The van der Waals surface area contributed by atoms with Crippen molar-refractivity contribution in [1.82, 2.24) is 4.98 Å².